The zero-order chi connectivity index (χ0) is 4.24. The first-order valence-corrected chi connectivity index (χ1v) is 2.28. The zero-order valence-corrected chi connectivity index (χ0v) is 7.96. The van der Waals surface area contributed by atoms with E-state index in [1.54, 1.807) is 0 Å². The molecule has 1 radical (unpaired) electrons. The predicted molar refractivity (Wildman–Crippen MR) is 36.7 cm³/mol. The molecule has 1 fully saturated rings. The average molecular weight is 147 g/mol. The number of nitrogens with one attached hydrogen (secondary N) is 1. The summed E-state index contributed by atoms with van der Waals surface area (Å²) in [5.74, 6) is 0. The van der Waals surface area contributed by atoms with E-state index < -0.39 is 0 Å². The van der Waals surface area contributed by atoms with Gasteiger partial charge in [-0.3, -0.25) is 0 Å². The standard InChI is InChI=1S/C4H9NO.ClH.Na/c1-3-6-4-2-5-1;;/h5H,1-4H2;1H;. The van der Waals surface area contributed by atoms with Crippen molar-refractivity contribution in [1.82, 2.24) is 5.32 Å². The van der Waals surface area contributed by atoms with Gasteiger partial charge in [0.25, 0.3) is 0 Å². The summed E-state index contributed by atoms with van der Waals surface area (Å²) in [5, 5.41) is 3.16. The van der Waals surface area contributed by atoms with Crippen LogP contribution >= 0.6 is 12.4 Å². The van der Waals surface area contributed by atoms with Crippen molar-refractivity contribution >= 4 is 42.0 Å². The molecule has 0 saturated carbocycles. The number of hydrogen-bond acceptors (Lipinski definition) is 2. The van der Waals surface area contributed by atoms with Crippen molar-refractivity contribution in [2.45, 2.75) is 0 Å². The quantitative estimate of drug-likeness (QED) is 0.472. The second kappa shape index (κ2) is 8.21. The first-order valence-electron chi connectivity index (χ1n) is 2.28. The van der Waals surface area contributed by atoms with Crippen LogP contribution in [0.15, 0.2) is 0 Å². The van der Waals surface area contributed by atoms with Gasteiger partial charge in [0.1, 0.15) is 0 Å². The number of rotatable bonds is 0. The van der Waals surface area contributed by atoms with E-state index in [-0.39, 0.29) is 42.0 Å². The van der Waals surface area contributed by atoms with E-state index in [1.807, 2.05) is 0 Å². The Bertz CT molecular complexity index is 31.5. The third-order valence-electron chi connectivity index (χ3n) is 0.846. The molecule has 0 amide bonds. The molecule has 0 unspecified atom stereocenters. The van der Waals surface area contributed by atoms with Gasteiger partial charge in [0, 0.05) is 42.6 Å². The van der Waals surface area contributed by atoms with Gasteiger partial charge in [0.2, 0.25) is 0 Å². The second-order valence-electron chi connectivity index (χ2n) is 1.36. The van der Waals surface area contributed by atoms with Crippen molar-refractivity contribution < 1.29 is 4.74 Å². The second-order valence-corrected chi connectivity index (χ2v) is 1.36. The van der Waals surface area contributed by atoms with Gasteiger partial charge >= 0.3 is 0 Å². The number of morpholine rings is 1. The Hall–Kier alpha value is 1.21. The topological polar surface area (TPSA) is 21.3 Å². The predicted octanol–water partition coefficient (Wildman–Crippen LogP) is -0.353. The zero-order valence-electron chi connectivity index (χ0n) is 5.14. The first-order chi connectivity index (χ1) is 3.00. The molecule has 1 N–H and O–H groups in total. The summed E-state index contributed by atoms with van der Waals surface area (Å²) in [6.45, 7) is 3.83. The summed E-state index contributed by atoms with van der Waals surface area (Å²) in [6, 6.07) is 0. The third kappa shape index (κ3) is 5.35. The van der Waals surface area contributed by atoms with Crippen LogP contribution in [0.2, 0.25) is 0 Å². The number of halogens is 1. The van der Waals surface area contributed by atoms with Gasteiger partial charge in [-0.05, 0) is 0 Å². The molecule has 0 aromatic heterocycles. The van der Waals surface area contributed by atoms with Crippen LogP contribution in [0.25, 0.3) is 0 Å². The summed E-state index contributed by atoms with van der Waals surface area (Å²) in [6.07, 6.45) is 0. The summed E-state index contributed by atoms with van der Waals surface area (Å²) >= 11 is 0. The van der Waals surface area contributed by atoms with Crippen molar-refractivity contribution in [3.8, 4) is 0 Å². The van der Waals surface area contributed by atoms with Crippen LogP contribution in [0, 0.1) is 0 Å². The maximum Gasteiger partial charge on any atom is 0.0591 e. The molecule has 8 heavy (non-hydrogen) atoms. The summed E-state index contributed by atoms with van der Waals surface area (Å²) in [7, 11) is 0. The van der Waals surface area contributed by atoms with Crippen molar-refractivity contribution in [3.63, 3.8) is 0 Å². The maximum atomic E-state index is 5.01. The molecule has 0 spiro atoms. The number of ether oxygens (including phenoxy) is 1. The van der Waals surface area contributed by atoms with Crippen LogP contribution < -0.4 is 5.32 Å². The third-order valence-corrected chi connectivity index (χ3v) is 0.846. The monoisotopic (exact) mass is 146 g/mol. The molecule has 1 saturated heterocycles. The molecule has 0 aliphatic carbocycles. The molecule has 0 aromatic carbocycles. The molecule has 2 nitrogen and oxygen atoms in total. The van der Waals surface area contributed by atoms with Crippen LogP contribution in [-0.2, 0) is 4.74 Å². The van der Waals surface area contributed by atoms with Gasteiger partial charge in [-0.2, -0.15) is 0 Å². The van der Waals surface area contributed by atoms with Crippen LogP contribution in [0.3, 0.4) is 0 Å². The summed E-state index contributed by atoms with van der Waals surface area (Å²) in [4.78, 5) is 0. The van der Waals surface area contributed by atoms with E-state index in [0.29, 0.717) is 0 Å². The fourth-order valence-electron chi connectivity index (χ4n) is 0.516. The molecule has 1 aliphatic heterocycles. The van der Waals surface area contributed by atoms with Gasteiger partial charge < -0.3 is 10.1 Å². The summed E-state index contributed by atoms with van der Waals surface area (Å²) in [5.41, 5.74) is 0. The van der Waals surface area contributed by atoms with Gasteiger partial charge in [-0.1, -0.05) is 0 Å². The summed E-state index contributed by atoms with van der Waals surface area (Å²) < 4.78 is 5.01. The smallest absolute Gasteiger partial charge is 0.0591 e. The van der Waals surface area contributed by atoms with E-state index in [9.17, 15) is 0 Å². The average Bonchev–Trinajstić information content (AvgIpc) is 1.72. The molecule has 1 heterocycles. The Morgan fingerprint density at radius 2 is 1.62 bits per heavy atom. The Balaban J connectivity index is 0. The van der Waals surface area contributed by atoms with Crippen molar-refractivity contribution in [2.24, 2.45) is 0 Å². The van der Waals surface area contributed by atoms with Crippen LogP contribution in [0.1, 0.15) is 0 Å². The van der Waals surface area contributed by atoms with Crippen LogP contribution in [-0.4, -0.2) is 55.9 Å². The maximum absolute atomic E-state index is 5.01. The molecule has 0 atom stereocenters. The number of hydrogen-bond donors (Lipinski definition) is 1. The fourth-order valence-corrected chi connectivity index (χ4v) is 0.516. The minimum atomic E-state index is 0. The van der Waals surface area contributed by atoms with Crippen molar-refractivity contribution in [2.75, 3.05) is 26.3 Å². The molecule has 0 aromatic rings. The molecular weight excluding hydrogens is 136 g/mol. The molecule has 1 rings (SSSR count). The Labute approximate surface area is 78.1 Å². The molecule has 4 heteroatoms. The molecule has 1 aliphatic rings. The van der Waals surface area contributed by atoms with E-state index >= 15 is 0 Å². The van der Waals surface area contributed by atoms with E-state index in [4.69, 9.17) is 4.74 Å². The Morgan fingerprint density at radius 1 is 1.12 bits per heavy atom. The Morgan fingerprint density at radius 3 is 1.75 bits per heavy atom. The molecule has 0 bridgehead atoms. The first kappa shape index (κ1) is 11.9. The normalized spacial score (nSPS) is 18.0. The SMILES string of the molecule is C1COCCN1.Cl.[Na]. The van der Waals surface area contributed by atoms with Gasteiger partial charge in [0.05, 0.1) is 13.2 Å². The van der Waals surface area contributed by atoms with Gasteiger partial charge in [-0.15, -0.1) is 12.4 Å². The Kier molecular flexibility index (Phi) is 12.3. The van der Waals surface area contributed by atoms with Crippen LogP contribution in [0.4, 0.5) is 0 Å². The van der Waals surface area contributed by atoms with Gasteiger partial charge in [-0.25, -0.2) is 0 Å². The largest absolute Gasteiger partial charge is 0.379 e. The van der Waals surface area contributed by atoms with Crippen molar-refractivity contribution in [1.29, 1.82) is 0 Å². The van der Waals surface area contributed by atoms with E-state index in [1.165, 1.54) is 0 Å². The minimum Gasteiger partial charge on any atom is -0.379 e. The minimum absolute atomic E-state index is 0. The van der Waals surface area contributed by atoms with Crippen LogP contribution in [0.5, 0.6) is 0 Å². The van der Waals surface area contributed by atoms with Crippen molar-refractivity contribution in [3.05, 3.63) is 0 Å². The van der Waals surface area contributed by atoms with E-state index in [2.05, 4.69) is 5.32 Å². The van der Waals surface area contributed by atoms with Gasteiger partial charge in [0.15, 0.2) is 0 Å². The fraction of sp³-hybridized carbons (Fsp3) is 1.00. The van der Waals surface area contributed by atoms with E-state index in [0.717, 1.165) is 26.3 Å². The molecule has 45 valence electrons. The molecular formula is C4H10ClNNaO.